The van der Waals surface area contributed by atoms with E-state index in [9.17, 15) is 9.59 Å². The van der Waals surface area contributed by atoms with E-state index in [0.29, 0.717) is 13.2 Å². The van der Waals surface area contributed by atoms with E-state index >= 15 is 0 Å². The second-order valence-electron chi connectivity index (χ2n) is 4.12. The molecule has 0 aromatic rings. The van der Waals surface area contributed by atoms with Crippen LogP contribution in [0.3, 0.4) is 0 Å². The fourth-order valence-corrected chi connectivity index (χ4v) is 1.59. The van der Waals surface area contributed by atoms with Gasteiger partial charge >= 0.3 is 6.09 Å². The van der Waals surface area contributed by atoms with Gasteiger partial charge in [-0.05, 0) is 5.92 Å². The molecule has 1 aliphatic rings. The average molecular weight is 229 g/mol. The van der Waals surface area contributed by atoms with E-state index in [-0.39, 0.29) is 11.8 Å². The van der Waals surface area contributed by atoms with Crippen molar-refractivity contribution in [2.75, 3.05) is 26.9 Å². The first-order valence-electron chi connectivity index (χ1n) is 5.40. The molecule has 0 aliphatic carbocycles. The van der Waals surface area contributed by atoms with Crippen LogP contribution in [0.4, 0.5) is 4.79 Å². The molecule has 1 aliphatic heterocycles. The van der Waals surface area contributed by atoms with Crippen molar-refractivity contribution < 1.29 is 14.3 Å². The zero-order valence-electron chi connectivity index (χ0n) is 9.95. The predicted octanol–water partition coefficient (Wildman–Crippen LogP) is -0.244. The minimum Gasteiger partial charge on any atom is -0.453 e. The van der Waals surface area contributed by atoms with Gasteiger partial charge in [0.25, 0.3) is 0 Å². The lowest BCUT2D eigenvalue weighted by Crippen LogP contribution is -2.50. The molecule has 0 radical (unpaired) electrons. The van der Waals surface area contributed by atoms with Gasteiger partial charge in [-0.2, -0.15) is 0 Å². The summed E-state index contributed by atoms with van der Waals surface area (Å²) in [5, 5.41) is 5.64. The monoisotopic (exact) mass is 229 g/mol. The fourth-order valence-electron chi connectivity index (χ4n) is 1.59. The molecule has 0 spiro atoms. The zero-order valence-corrected chi connectivity index (χ0v) is 9.95. The van der Waals surface area contributed by atoms with Crippen LogP contribution in [0.1, 0.15) is 13.8 Å². The van der Waals surface area contributed by atoms with Gasteiger partial charge in [0, 0.05) is 13.1 Å². The number of alkyl carbamates (subject to hydrolysis) is 1. The molecule has 92 valence electrons. The molecule has 2 amide bonds. The molecule has 1 saturated heterocycles. The van der Waals surface area contributed by atoms with Crippen molar-refractivity contribution in [3.8, 4) is 0 Å². The first-order chi connectivity index (χ1) is 7.56. The van der Waals surface area contributed by atoms with Crippen molar-refractivity contribution in [3.05, 3.63) is 0 Å². The molecular formula is C10H19N3O3. The molecule has 1 fully saturated rings. The van der Waals surface area contributed by atoms with Crippen molar-refractivity contribution in [1.29, 1.82) is 0 Å². The Balaban J connectivity index is 2.61. The highest BCUT2D eigenvalue weighted by Crippen LogP contribution is 2.07. The average Bonchev–Trinajstić information content (AvgIpc) is 2.77. The van der Waals surface area contributed by atoms with E-state index in [2.05, 4.69) is 15.4 Å². The second-order valence-corrected chi connectivity index (χ2v) is 4.12. The summed E-state index contributed by atoms with van der Waals surface area (Å²) in [6.07, 6.45) is -0.570. The number of hydrogen-bond acceptors (Lipinski definition) is 4. The van der Waals surface area contributed by atoms with Gasteiger partial charge in [0.1, 0.15) is 6.04 Å². The highest BCUT2D eigenvalue weighted by molar-refractivity contribution is 5.86. The van der Waals surface area contributed by atoms with E-state index in [1.54, 1.807) is 4.90 Å². The molecule has 0 aromatic heterocycles. The summed E-state index contributed by atoms with van der Waals surface area (Å²) >= 11 is 0. The number of hydrogen-bond donors (Lipinski definition) is 2. The summed E-state index contributed by atoms with van der Waals surface area (Å²) in [4.78, 5) is 24.9. The van der Waals surface area contributed by atoms with Crippen LogP contribution in [0.25, 0.3) is 0 Å². The third-order valence-corrected chi connectivity index (χ3v) is 2.56. The van der Waals surface area contributed by atoms with E-state index in [0.717, 1.165) is 6.54 Å². The lowest BCUT2D eigenvalue weighted by molar-refractivity contribution is -0.133. The summed E-state index contributed by atoms with van der Waals surface area (Å²) < 4.78 is 4.51. The van der Waals surface area contributed by atoms with E-state index < -0.39 is 12.1 Å². The number of amides is 2. The van der Waals surface area contributed by atoms with Gasteiger partial charge in [-0.1, -0.05) is 13.8 Å². The molecular weight excluding hydrogens is 210 g/mol. The number of rotatable bonds is 3. The SMILES string of the molecule is COC(=O)NC(C(=O)N1CCNC1)C(C)C. The molecule has 0 saturated carbocycles. The number of nitrogens with one attached hydrogen (secondary N) is 2. The Kier molecular flexibility index (Phi) is 4.54. The van der Waals surface area contributed by atoms with Crippen LogP contribution >= 0.6 is 0 Å². The Labute approximate surface area is 95.3 Å². The third-order valence-electron chi connectivity index (χ3n) is 2.56. The number of carbonyl (C=O) groups excluding carboxylic acids is 2. The van der Waals surface area contributed by atoms with Crippen molar-refractivity contribution >= 4 is 12.0 Å². The Hall–Kier alpha value is -1.30. The summed E-state index contributed by atoms with van der Waals surface area (Å²) in [6, 6.07) is -0.521. The largest absolute Gasteiger partial charge is 0.453 e. The van der Waals surface area contributed by atoms with Crippen LogP contribution in [-0.2, 0) is 9.53 Å². The highest BCUT2D eigenvalue weighted by Gasteiger charge is 2.30. The lowest BCUT2D eigenvalue weighted by Gasteiger charge is -2.25. The van der Waals surface area contributed by atoms with Gasteiger partial charge in [-0.3, -0.25) is 10.1 Å². The van der Waals surface area contributed by atoms with Crippen molar-refractivity contribution in [1.82, 2.24) is 15.5 Å². The molecule has 6 nitrogen and oxygen atoms in total. The molecule has 0 aromatic carbocycles. The maximum absolute atomic E-state index is 12.1. The maximum atomic E-state index is 12.1. The van der Waals surface area contributed by atoms with Crippen LogP contribution in [0.5, 0.6) is 0 Å². The second kappa shape index (κ2) is 5.69. The number of ether oxygens (including phenoxy) is 1. The Bertz CT molecular complexity index is 262. The van der Waals surface area contributed by atoms with Crippen LogP contribution in [0, 0.1) is 5.92 Å². The Morgan fingerprint density at radius 2 is 2.12 bits per heavy atom. The minimum atomic E-state index is -0.570. The van der Waals surface area contributed by atoms with Crippen LogP contribution in [-0.4, -0.2) is 49.8 Å². The predicted molar refractivity (Wildman–Crippen MR) is 58.7 cm³/mol. The van der Waals surface area contributed by atoms with Crippen molar-refractivity contribution in [2.45, 2.75) is 19.9 Å². The molecule has 1 unspecified atom stereocenters. The minimum absolute atomic E-state index is 0.0344. The zero-order chi connectivity index (χ0) is 12.1. The molecule has 1 heterocycles. The van der Waals surface area contributed by atoms with Crippen LogP contribution in [0.2, 0.25) is 0 Å². The molecule has 2 N–H and O–H groups in total. The van der Waals surface area contributed by atoms with Crippen LogP contribution < -0.4 is 10.6 Å². The topological polar surface area (TPSA) is 70.7 Å². The number of nitrogens with zero attached hydrogens (tertiary/aromatic N) is 1. The van der Waals surface area contributed by atoms with E-state index in [4.69, 9.17) is 0 Å². The Morgan fingerprint density at radius 1 is 1.44 bits per heavy atom. The quantitative estimate of drug-likeness (QED) is 0.700. The first-order valence-corrected chi connectivity index (χ1v) is 5.40. The summed E-state index contributed by atoms with van der Waals surface area (Å²) in [5.74, 6) is -0.0300. The van der Waals surface area contributed by atoms with Crippen molar-refractivity contribution in [3.63, 3.8) is 0 Å². The number of carbonyl (C=O) groups is 2. The molecule has 1 rings (SSSR count). The van der Waals surface area contributed by atoms with Crippen LogP contribution in [0.15, 0.2) is 0 Å². The molecule has 1 atom stereocenters. The van der Waals surface area contributed by atoms with Gasteiger partial charge < -0.3 is 15.0 Å². The third kappa shape index (κ3) is 3.10. The Morgan fingerprint density at radius 3 is 2.56 bits per heavy atom. The smallest absolute Gasteiger partial charge is 0.407 e. The van der Waals surface area contributed by atoms with Gasteiger partial charge in [0.05, 0.1) is 13.8 Å². The summed E-state index contributed by atoms with van der Waals surface area (Å²) in [7, 11) is 1.29. The normalized spacial score (nSPS) is 17.4. The summed E-state index contributed by atoms with van der Waals surface area (Å²) in [6.45, 7) is 5.81. The maximum Gasteiger partial charge on any atom is 0.407 e. The van der Waals surface area contributed by atoms with Gasteiger partial charge in [0.15, 0.2) is 0 Å². The molecule has 16 heavy (non-hydrogen) atoms. The first kappa shape index (κ1) is 12.8. The number of methoxy groups -OCH3 is 1. The fraction of sp³-hybridized carbons (Fsp3) is 0.800. The molecule has 0 bridgehead atoms. The van der Waals surface area contributed by atoms with Gasteiger partial charge in [0.2, 0.25) is 5.91 Å². The lowest BCUT2D eigenvalue weighted by atomic mass is 10.0. The van der Waals surface area contributed by atoms with E-state index in [1.165, 1.54) is 7.11 Å². The highest BCUT2D eigenvalue weighted by atomic mass is 16.5. The van der Waals surface area contributed by atoms with Gasteiger partial charge in [-0.25, -0.2) is 4.79 Å². The molecule has 6 heteroatoms. The van der Waals surface area contributed by atoms with Gasteiger partial charge in [-0.15, -0.1) is 0 Å². The summed E-state index contributed by atoms with van der Waals surface area (Å²) in [5.41, 5.74) is 0. The standard InChI is InChI=1S/C10H19N3O3/c1-7(2)8(12-10(15)16-3)9(14)13-5-4-11-6-13/h7-8,11H,4-6H2,1-3H3,(H,12,15). The van der Waals surface area contributed by atoms with E-state index in [1.807, 2.05) is 13.8 Å². The van der Waals surface area contributed by atoms with Crippen molar-refractivity contribution in [2.24, 2.45) is 5.92 Å².